The second kappa shape index (κ2) is 9.43. The fourth-order valence-corrected chi connectivity index (χ4v) is 2.52. The van der Waals surface area contributed by atoms with Gasteiger partial charge in [0.25, 0.3) is 5.91 Å². The van der Waals surface area contributed by atoms with Gasteiger partial charge in [-0.25, -0.2) is 4.79 Å². The third-order valence-electron chi connectivity index (χ3n) is 3.85. The predicted octanol–water partition coefficient (Wildman–Crippen LogP) is 3.62. The first-order valence-corrected chi connectivity index (χ1v) is 8.42. The molecule has 2 rings (SSSR count). The van der Waals surface area contributed by atoms with Gasteiger partial charge in [-0.05, 0) is 37.6 Å². The lowest BCUT2D eigenvalue weighted by molar-refractivity contribution is -0.123. The zero-order valence-corrected chi connectivity index (χ0v) is 15.7. The Morgan fingerprint density at radius 1 is 1.15 bits per heavy atom. The van der Waals surface area contributed by atoms with E-state index in [0.717, 1.165) is 5.56 Å². The summed E-state index contributed by atoms with van der Waals surface area (Å²) in [6.45, 7) is 5.22. The summed E-state index contributed by atoms with van der Waals surface area (Å²) >= 11 is 0. The number of methoxy groups -OCH3 is 2. The fraction of sp³-hybridized carbons (Fsp3) is 0.238. The second-order valence-electron chi connectivity index (χ2n) is 5.77. The predicted molar refractivity (Wildman–Crippen MR) is 103 cm³/mol. The molecule has 0 heterocycles. The highest BCUT2D eigenvalue weighted by Gasteiger charge is 2.21. The quantitative estimate of drug-likeness (QED) is 0.568. The second-order valence-corrected chi connectivity index (χ2v) is 5.77. The Kier molecular flexibility index (Phi) is 7.00. The van der Waals surface area contributed by atoms with Crippen molar-refractivity contribution in [1.29, 1.82) is 0 Å². The number of carbonyl (C=O) groups is 2. The van der Waals surface area contributed by atoms with E-state index in [9.17, 15) is 9.59 Å². The van der Waals surface area contributed by atoms with Crippen LogP contribution in [0.2, 0.25) is 0 Å². The molecule has 6 heteroatoms. The average Bonchev–Trinajstić information content (AvgIpc) is 2.68. The first-order chi connectivity index (χ1) is 13.0. The number of amides is 1. The van der Waals surface area contributed by atoms with Gasteiger partial charge >= 0.3 is 5.97 Å². The van der Waals surface area contributed by atoms with Gasteiger partial charge in [0.1, 0.15) is 0 Å². The molecule has 142 valence electrons. The standard InChI is InChI=1S/C21H23NO5/c1-5-9-15-12-16(13-18(25-3)19(15)26-4)21(24)27-14(2)20(23)22-17-10-7-6-8-11-17/h5-8,10-14H,1,9H2,2-4H3,(H,22,23). The molecule has 0 aliphatic heterocycles. The number of nitrogens with one attached hydrogen (secondary N) is 1. The highest BCUT2D eigenvalue weighted by Crippen LogP contribution is 2.33. The minimum Gasteiger partial charge on any atom is -0.493 e. The maximum absolute atomic E-state index is 12.5. The summed E-state index contributed by atoms with van der Waals surface area (Å²) in [4.78, 5) is 24.7. The molecule has 1 unspecified atom stereocenters. The molecule has 6 nitrogen and oxygen atoms in total. The number of para-hydroxylation sites is 1. The van der Waals surface area contributed by atoms with E-state index < -0.39 is 18.0 Å². The van der Waals surface area contributed by atoms with Crippen LogP contribution in [0.3, 0.4) is 0 Å². The van der Waals surface area contributed by atoms with Crippen LogP contribution in [0, 0.1) is 0 Å². The highest BCUT2D eigenvalue weighted by molar-refractivity contribution is 5.97. The van der Waals surface area contributed by atoms with Gasteiger partial charge in [-0.3, -0.25) is 4.79 Å². The van der Waals surface area contributed by atoms with Crippen molar-refractivity contribution in [2.45, 2.75) is 19.4 Å². The van der Waals surface area contributed by atoms with Gasteiger partial charge < -0.3 is 19.5 Å². The van der Waals surface area contributed by atoms with Crippen LogP contribution in [0.1, 0.15) is 22.8 Å². The molecule has 0 spiro atoms. The summed E-state index contributed by atoms with van der Waals surface area (Å²) in [5.41, 5.74) is 1.63. The number of allylic oxidation sites excluding steroid dienone is 1. The van der Waals surface area contributed by atoms with Crippen molar-refractivity contribution in [3.8, 4) is 11.5 Å². The van der Waals surface area contributed by atoms with Crippen LogP contribution in [0.25, 0.3) is 0 Å². The molecule has 27 heavy (non-hydrogen) atoms. The summed E-state index contributed by atoms with van der Waals surface area (Å²) in [6.07, 6.45) is 1.22. The van der Waals surface area contributed by atoms with Gasteiger partial charge in [0.05, 0.1) is 19.8 Å². The SMILES string of the molecule is C=CCc1cc(C(=O)OC(C)C(=O)Nc2ccccc2)cc(OC)c1OC. The van der Waals surface area contributed by atoms with Crippen LogP contribution in [-0.2, 0) is 16.0 Å². The molecule has 2 aromatic carbocycles. The molecule has 0 fully saturated rings. The van der Waals surface area contributed by atoms with Crippen molar-refractivity contribution >= 4 is 17.6 Å². The van der Waals surface area contributed by atoms with Crippen molar-refractivity contribution in [2.24, 2.45) is 0 Å². The Bertz CT molecular complexity index is 817. The van der Waals surface area contributed by atoms with Crippen molar-refractivity contribution in [3.05, 3.63) is 66.2 Å². The number of hydrogen-bond acceptors (Lipinski definition) is 5. The Labute approximate surface area is 158 Å². The Morgan fingerprint density at radius 3 is 2.44 bits per heavy atom. The van der Waals surface area contributed by atoms with Crippen LogP contribution in [-0.4, -0.2) is 32.2 Å². The fourth-order valence-electron chi connectivity index (χ4n) is 2.52. The van der Waals surface area contributed by atoms with E-state index in [4.69, 9.17) is 14.2 Å². The van der Waals surface area contributed by atoms with Crippen molar-refractivity contribution < 1.29 is 23.8 Å². The maximum Gasteiger partial charge on any atom is 0.339 e. The van der Waals surface area contributed by atoms with Crippen LogP contribution in [0.5, 0.6) is 11.5 Å². The maximum atomic E-state index is 12.5. The minimum atomic E-state index is -0.964. The lowest BCUT2D eigenvalue weighted by atomic mass is 10.1. The number of anilines is 1. The van der Waals surface area contributed by atoms with Gasteiger partial charge in [0.2, 0.25) is 0 Å². The Hall–Kier alpha value is -3.28. The lowest BCUT2D eigenvalue weighted by Gasteiger charge is -2.16. The molecule has 0 aliphatic rings. The monoisotopic (exact) mass is 369 g/mol. The zero-order chi connectivity index (χ0) is 19.8. The number of benzene rings is 2. The van der Waals surface area contributed by atoms with Gasteiger partial charge in [-0.1, -0.05) is 24.3 Å². The van der Waals surface area contributed by atoms with Crippen molar-refractivity contribution in [3.63, 3.8) is 0 Å². The highest BCUT2D eigenvalue weighted by atomic mass is 16.5. The van der Waals surface area contributed by atoms with Gasteiger partial charge in [-0.15, -0.1) is 6.58 Å². The van der Waals surface area contributed by atoms with Crippen molar-refractivity contribution in [2.75, 3.05) is 19.5 Å². The van der Waals surface area contributed by atoms with E-state index >= 15 is 0 Å². The molecule has 2 aromatic rings. The summed E-state index contributed by atoms with van der Waals surface area (Å²) in [5.74, 6) is -0.104. The van der Waals surface area contributed by atoms with Gasteiger partial charge in [-0.2, -0.15) is 0 Å². The summed E-state index contributed by atoms with van der Waals surface area (Å²) < 4.78 is 16.0. The van der Waals surface area contributed by atoms with Crippen LogP contribution < -0.4 is 14.8 Å². The molecule has 0 radical (unpaired) electrons. The largest absolute Gasteiger partial charge is 0.493 e. The first kappa shape index (κ1) is 20.0. The average molecular weight is 369 g/mol. The van der Waals surface area contributed by atoms with Gasteiger partial charge in [0, 0.05) is 11.3 Å². The molecule has 0 saturated carbocycles. The third kappa shape index (κ3) is 5.10. The Balaban J connectivity index is 2.15. The minimum absolute atomic E-state index is 0.267. The molecular weight excluding hydrogens is 346 g/mol. The number of rotatable bonds is 8. The molecule has 0 aliphatic carbocycles. The van der Waals surface area contributed by atoms with Gasteiger partial charge in [0.15, 0.2) is 17.6 Å². The lowest BCUT2D eigenvalue weighted by Crippen LogP contribution is -2.30. The van der Waals surface area contributed by atoms with E-state index in [0.29, 0.717) is 23.6 Å². The van der Waals surface area contributed by atoms with E-state index in [1.165, 1.54) is 27.2 Å². The van der Waals surface area contributed by atoms with Crippen LogP contribution in [0.15, 0.2) is 55.1 Å². The topological polar surface area (TPSA) is 73.9 Å². The molecule has 0 aromatic heterocycles. The van der Waals surface area contributed by atoms with E-state index in [-0.39, 0.29) is 5.56 Å². The smallest absolute Gasteiger partial charge is 0.339 e. The number of hydrogen-bond donors (Lipinski definition) is 1. The molecule has 0 saturated heterocycles. The normalized spacial score (nSPS) is 11.2. The molecule has 1 atom stereocenters. The molecular formula is C21H23NO5. The molecule has 1 amide bonds. The van der Waals surface area contributed by atoms with Crippen LogP contribution >= 0.6 is 0 Å². The summed E-state index contributed by atoms with van der Waals surface area (Å²) in [6, 6.07) is 12.1. The van der Waals surface area contributed by atoms with E-state index in [1.807, 2.05) is 6.07 Å². The zero-order valence-electron chi connectivity index (χ0n) is 15.7. The summed E-state index contributed by atoms with van der Waals surface area (Å²) in [5, 5.41) is 2.70. The number of esters is 1. The number of carbonyl (C=O) groups excluding carboxylic acids is 2. The molecule has 1 N–H and O–H groups in total. The third-order valence-corrected chi connectivity index (χ3v) is 3.85. The van der Waals surface area contributed by atoms with E-state index in [2.05, 4.69) is 11.9 Å². The molecule has 0 bridgehead atoms. The Morgan fingerprint density at radius 2 is 1.85 bits per heavy atom. The number of ether oxygens (including phenoxy) is 3. The van der Waals surface area contributed by atoms with Crippen molar-refractivity contribution in [1.82, 2.24) is 0 Å². The van der Waals surface area contributed by atoms with E-state index in [1.54, 1.807) is 36.4 Å². The first-order valence-electron chi connectivity index (χ1n) is 8.42. The van der Waals surface area contributed by atoms with Crippen LogP contribution in [0.4, 0.5) is 5.69 Å². The summed E-state index contributed by atoms with van der Waals surface area (Å²) in [7, 11) is 3.01.